The van der Waals surface area contributed by atoms with Crippen molar-refractivity contribution < 1.29 is 4.79 Å². The third kappa shape index (κ3) is 1.70. The molecule has 0 aromatic rings. The van der Waals surface area contributed by atoms with Crippen molar-refractivity contribution in [3.63, 3.8) is 0 Å². The number of nitrogens with zero attached hydrogens (tertiary/aromatic N) is 1. The summed E-state index contributed by atoms with van der Waals surface area (Å²) in [7, 11) is 0. The van der Waals surface area contributed by atoms with E-state index >= 15 is 0 Å². The maximum Gasteiger partial charge on any atom is 0.298 e. The molecule has 2 unspecified atom stereocenters. The average molecular weight is 177 g/mol. The molecule has 1 saturated carbocycles. The highest BCUT2D eigenvalue weighted by Crippen LogP contribution is 2.36. The van der Waals surface area contributed by atoms with Crippen LogP contribution in [0.1, 0.15) is 25.7 Å². The number of fused-ring (bicyclic) bond motifs is 2. The molecule has 1 saturated heterocycles. The van der Waals surface area contributed by atoms with Gasteiger partial charge in [-0.1, -0.05) is 6.42 Å². The number of hydrogen-bond acceptors (Lipinski definition) is 1. The standard InChI is InChI=1S/C11H15NO/c1-2-11(13)12-6-5-9-3-4-10(7-9)8-12/h1,9-10H,3-8H2. The highest BCUT2D eigenvalue weighted by Gasteiger charge is 2.31. The third-order valence-corrected chi connectivity index (χ3v) is 3.35. The molecule has 0 spiro atoms. The van der Waals surface area contributed by atoms with E-state index < -0.39 is 0 Å². The van der Waals surface area contributed by atoms with Crippen LogP contribution in [0, 0.1) is 24.2 Å². The normalized spacial score (nSPS) is 32.4. The molecule has 2 fully saturated rings. The van der Waals surface area contributed by atoms with Gasteiger partial charge in [-0.2, -0.15) is 0 Å². The minimum Gasteiger partial charge on any atom is -0.332 e. The zero-order chi connectivity index (χ0) is 9.26. The third-order valence-electron chi connectivity index (χ3n) is 3.35. The average Bonchev–Trinajstić information content (AvgIpc) is 2.45. The molecule has 2 nitrogen and oxygen atoms in total. The molecule has 70 valence electrons. The van der Waals surface area contributed by atoms with Gasteiger partial charge in [-0.25, -0.2) is 0 Å². The smallest absolute Gasteiger partial charge is 0.298 e. The number of hydrogen-bond donors (Lipinski definition) is 0. The lowest BCUT2D eigenvalue weighted by atomic mass is 10.0. The summed E-state index contributed by atoms with van der Waals surface area (Å²) in [5, 5.41) is 0. The Bertz CT molecular complexity index is 253. The van der Waals surface area contributed by atoms with Crippen molar-refractivity contribution in [2.75, 3.05) is 13.1 Å². The first-order valence-corrected chi connectivity index (χ1v) is 5.05. The molecule has 2 heteroatoms. The fourth-order valence-corrected chi connectivity index (χ4v) is 2.62. The summed E-state index contributed by atoms with van der Waals surface area (Å²) in [5.41, 5.74) is 0. The van der Waals surface area contributed by atoms with E-state index in [-0.39, 0.29) is 5.91 Å². The van der Waals surface area contributed by atoms with Crippen LogP contribution in [0.5, 0.6) is 0 Å². The van der Waals surface area contributed by atoms with Crippen LogP contribution >= 0.6 is 0 Å². The molecule has 13 heavy (non-hydrogen) atoms. The van der Waals surface area contributed by atoms with Crippen LogP contribution in [0.25, 0.3) is 0 Å². The Morgan fingerprint density at radius 1 is 1.31 bits per heavy atom. The zero-order valence-electron chi connectivity index (χ0n) is 7.83. The fourth-order valence-electron chi connectivity index (χ4n) is 2.62. The molecule has 0 N–H and O–H groups in total. The first kappa shape index (κ1) is 8.62. The Labute approximate surface area is 79.3 Å². The molecule has 0 radical (unpaired) electrons. The molecular weight excluding hydrogens is 162 g/mol. The van der Waals surface area contributed by atoms with Crippen molar-refractivity contribution in [3.8, 4) is 12.3 Å². The van der Waals surface area contributed by atoms with Crippen LogP contribution < -0.4 is 0 Å². The van der Waals surface area contributed by atoms with Crippen LogP contribution in [0.15, 0.2) is 0 Å². The van der Waals surface area contributed by atoms with Crippen LogP contribution in [-0.4, -0.2) is 23.9 Å². The van der Waals surface area contributed by atoms with E-state index in [9.17, 15) is 4.79 Å². The van der Waals surface area contributed by atoms with Crippen LogP contribution in [0.2, 0.25) is 0 Å². The van der Waals surface area contributed by atoms with Gasteiger partial charge in [-0.05, 0) is 37.0 Å². The maximum absolute atomic E-state index is 11.3. The minimum atomic E-state index is -0.118. The van der Waals surface area contributed by atoms with E-state index in [1.807, 2.05) is 4.90 Å². The van der Waals surface area contributed by atoms with Crippen molar-refractivity contribution in [1.82, 2.24) is 4.90 Å². The van der Waals surface area contributed by atoms with Gasteiger partial charge in [-0.3, -0.25) is 4.79 Å². The predicted molar refractivity (Wildman–Crippen MR) is 50.9 cm³/mol. The van der Waals surface area contributed by atoms with Crippen molar-refractivity contribution >= 4 is 5.91 Å². The van der Waals surface area contributed by atoms with Gasteiger partial charge < -0.3 is 4.90 Å². The molecule has 0 aromatic heterocycles. The predicted octanol–water partition coefficient (Wildman–Crippen LogP) is 1.27. The quantitative estimate of drug-likeness (QED) is 0.510. The summed E-state index contributed by atoms with van der Waals surface area (Å²) < 4.78 is 0. The number of terminal acetylenes is 1. The van der Waals surface area contributed by atoms with Gasteiger partial charge in [0.05, 0.1) is 0 Å². The van der Waals surface area contributed by atoms with Crippen molar-refractivity contribution in [3.05, 3.63) is 0 Å². The number of rotatable bonds is 0. The van der Waals surface area contributed by atoms with E-state index in [1.54, 1.807) is 0 Å². The molecule has 1 aliphatic carbocycles. The van der Waals surface area contributed by atoms with Gasteiger partial charge in [0, 0.05) is 13.1 Å². The van der Waals surface area contributed by atoms with E-state index in [2.05, 4.69) is 5.92 Å². The topological polar surface area (TPSA) is 20.3 Å². The SMILES string of the molecule is C#CC(=O)N1CCC2CCC(C2)C1. The van der Waals surface area contributed by atoms with E-state index in [4.69, 9.17) is 6.42 Å². The summed E-state index contributed by atoms with van der Waals surface area (Å²) >= 11 is 0. The molecule has 1 heterocycles. The van der Waals surface area contributed by atoms with Crippen LogP contribution in [0.3, 0.4) is 0 Å². The molecule has 2 atom stereocenters. The van der Waals surface area contributed by atoms with E-state index in [0.29, 0.717) is 0 Å². The van der Waals surface area contributed by atoms with E-state index in [1.165, 1.54) is 19.3 Å². The summed E-state index contributed by atoms with van der Waals surface area (Å²) in [6, 6.07) is 0. The lowest BCUT2D eigenvalue weighted by molar-refractivity contribution is -0.125. The zero-order valence-corrected chi connectivity index (χ0v) is 7.83. The summed E-state index contributed by atoms with van der Waals surface area (Å²) in [6.45, 7) is 1.78. The second-order valence-electron chi connectivity index (χ2n) is 4.23. The molecule has 2 bridgehead atoms. The first-order chi connectivity index (χ1) is 6.29. The number of amides is 1. The Morgan fingerprint density at radius 2 is 2.08 bits per heavy atom. The van der Waals surface area contributed by atoms with Gasteiger partial charge in [0.2, 0.25) is 0 Å². The Kier molecular flexibility index (Phi) is 2.26. The van der Waals surface area contributed by atoms with Gasteiger partial charge in [0.1, 0.15) is 0 Å². The lowest BCUT2D eigenvalue weighted by Gasteiger charge is -2.22. The van der Waals surface area contributed by atoms with Gasteiger partial charge in [0.25, 0.3) is 5.91 Å². The Hall–Kier alpha value is -0.970. The Balaban J connectivity index is 2.02. The second-order valence-corrected chi connectivity index (χ2v) is 4.23. The molecule has 2 aliphatic rings. The van der Waals surface area contributed by atoms with Crippen molar-refractivity contribution in [1.29, 1.82) is 0 Å². The molecule has 0 aromatic carbocycles. The largest absolute Gasteiger partial charge is 0.332 e. The van der Waals surface area contributed by atoms with Crippen molar-refractivity contribution in [2.24, 2.45) is 11.8 Å². The maximum atomic E-state index is 11.3. The van der Waals surface area contributed by atoms with Crippen LogP contribution in [0.4, 0.5) is 0 Å². The minimum absolute atomic E-state index is 0.118. The number of carbonyl (C=O) groups is 1. The monoisotopic (exact) mass is 177 g/mol. The summed E-state index contributed by atoms with van der Waals surface area (Å²) in [4.78, 5) is 13.1. The van der Waals surface area contributed by atoms with Gasteiger partial charge in [-0.15, -0.1) is 6.42 Å². The number of carbonyl (C=O) groups excluding carboxylic acids is 1. The van der Waals surface area contributed by atoms with E-state index in [0.717, 1.165) is 31.3 Å². The second kappa shape index (κ2) is 3.41. The first-order valence-electron chi connectivity index (χ1n) is 5.05. The van der Waals surface area contributed by atoms with Crippen LogP contribution in [-0.2, 0) is 4.79 Å². The highest BCUT2D eigenvalue weighted by molar-refractivity contribution is 5.92. The highest BCUT2D eigenvalue weighted by atomic mass is 16.2. The van der Waals surface area contributed by atoms with Crippen molar-refractivity contribution in [2.45, 2.75) is 25.7 Å². The Morgan fingerprint density at radius 3 is 2.85 bits per heavy atom. The van der Waals surface area contributed by atoms with Gasteiger partial charge >= 0.3 is 0 Å². The summed E-state index contributed by atoms with van der Waals surface area (Å²) in [6.07, 6.45) is 10.2. The molecular formula is C11H15NO. The molecule has 1 aliphatic heterocycles. The fraction of sp³-hybridized carbons (Fsp3) is 0.727. The molecule has 1 amide bonds. The summed E-state index contributed by atoms with van der Waals surface area (Å²) in [5.74, 6) is 3.68. The lowest BCUT2D eigenvalue weighted by Crippen LogP contribution is -2.34. The van der Waals surface area contributed by atoms with Gasteiger partial charge in [0.15, 0.2) is 0 Å². The number of likely N-dealkylation sites (tertiary alicyclic amines) is 1. The molecule has 2 rings (SSSR count).